The first kappa shape index (κ1) is 25.5. The first-order valence-electron chi connectivity index (χ1n) is 10.6. The second-order valence-corrected chi connectivity index (χ2v) is 9.85. The van der Waals surface area contributed by atoms with Crippen LogP contribution < -0.4 is 22.3 Å². The van der Waals surface area contributed by atoms with Crippen LogP contribution in [0.25, 0.3) is 10.8 Å². The van der Waals surface area contributed by atoms with Crippen LogP contribution in [0.15, 0.2) is 46.1 Å². The van der Waals surface area contributed by atoms with Crippen molar-refractivity contribution in [2.24, 2.45) is 5.73 Å². The van der Waals surface area contributed by atoms with Crippen LogP contribution in [0.4, 0.5) is 0 Å². The number of nitrogens with one attached hydrogen (secondary N) is 1. The van der Waals surface area contributed by atoms with Crippen LogP contribution in [-0.2, 0) is 14.0 Å². The summed E-state index contributed by atoms with van der Waals surface area (Å²) in [6.45, 7) is 1.06. The summed E-state index contributed by atoms with van der Waals surface area (Å²) in [5.74, 6) is -2.00. The van der Waals surface area contributed by atoms with Crippen LogP contribution in [0.1, 0.15) is 38.9 Å². The Bertz CT molecular complexity index is 1540. The molecule has 0 saturated carbocycles. The number of hydrogen-bond donors (Lipinski definition) is 5. The Labute approximate surface area is 202 Å². The third-order valence-electron chi connectivity index (χ3n) is 5.86. The van der Waals surface area contributed by atoms with E-state index in [2.05, 4.69) is 4.98 Å². The number of amides is 1. The van der Waals surface area contributed by atoms with Gasteiger partial charge in [-0.2, -0.15) is 0 Å². The number of nitrogens with two attached hydrogens (primary N) is 1. The Morgan fingerprint density at radius 2 is 1.94 bits per heavy atom. The highest BCUT2D eigenvalue weighted by atomic mass is 31.2. The molecule has 2 heterocycles. The molecule has 14 heteroatoms. The minimum atomic E-state index is -4.68. The zero-order chi connectivity index (χ0) is 26.4. The Morgan fingerprint density at radius 3 is 2.61 bits per heavy atom. The van der Waals surface area contributed by atoms with Gasteiger partial charge in [0.05, 0.1) is 22.5 Å². The van der Waals surface area contributed by atoms with E-state index in [1.807, 2.05) is 0 Å². The number of H-pyrrole nitrogens is 1. The SMILES string of the molecule is Cc1cn([C@H]2C[C@H](O)[C@@H](COC(=O)c3ccc4c(P(=O)(O)O)cccc4c3C(N)=O)O2)c(=O)[nH]c1=O. The van der Waals surface area contributed by atoms with E-state index in [1.165, 1.54) is 43.5 Å². The van der Waals surface area contributed by atoms with E-state index in [0.29, 0.717) is 0 Å². The number of aromatic amines is 1. The van der Waals surface area contributed by atoms with E-state index in [1.54, 1.807) is 0 Å². The second-order valence-electron chi connectivity index (χ2n) is 8.28. The molecule has 0 bridgehead atoms. The predicted molar refractivity (Wildman–Crippen MR) is 125 cm³/mol. The molecule has 4 rings (SSSR count). The molecule has 1 fully saturated rings. The lowest BCUT2D eigenvalue weighted by atomic mass is 9.98. The van der Waals surface area contributed by atoms with Gasteiger partial charge in [-0.1, -0.05) is 18.2 Å². The molecule has 13 nitrogen and oxygen atoms in total. The molecule has 0 unspecified atom stereocenters. The lowest BCUT2D eigenvalue weighted by Crippen LogP contribution is -2.33. The Morgan fingerprint density at radius 1 is 1.22 bits per heavy atom. The largest absolute Gasteiger partial charge is 0.459 e. The van der Waals surface area contributed by atoms with Gasteiger partial charge < -0.3 is 30.1 Å². The van der Waals surface area contributed by atoms with Crippen molar-refractivity contribution in [3.63, 3.8) is 0 Å². The first-order chi connectivity index (χ1) is 16.9. The van der Waals surface area contributed by atoms with Crippen molar-refractivity contribution in [3.8, 4) is 0 Å². The van der Waals surface area contributed by atoms with Crippen LogP contribution in [0.3, 0.4) is 0 Å². The molecule has 1 amide bonds. The van der Waals surface area contributed by atoms with Gasteiger partial charge >= 0.3 is 19.3 Å². The zero-order valence-electron chi connectivity index (χ0n) is 18.8. The van der Waals surface area contributed by atoms with Gasteiger partial charge in [0, 0.05) is 18.2 Å². The van der Waals surface area contributed by atoms with E-state index < -0.39 is 55.8 Å². The van der Waals surface area contributed by atoms with Gasteiger partial charge in [-0.3, -0.25) is 23.7 Å². The number of aliphatic hydroxyl groups excluding tert-OH is 1. The minimum absolute atomic E-state index is 0.0126. The number of fused-ring (bicyclic) bond motifs is 1. The van der Waals surface area contributed by atoms with E-state index in [4.69, 9.17) is 15.2 Å². The van der Waals surface area contributed by atoms with Gasteiger partial charge in [0.15, 0.2) is 0 Å². The average Bonchev–Trinajstić information content (AvgIpc) is 3.17. The molecule has 3 atom stereocenters. The summed E-state index contributed by atoms with van der Waals surface area (Å²) in [6, 6.07) is 6.36. The predicted octanol–water partition coefficient (Wildman–Crippen LogP) is -0.594. The number of hydrogen-bond acceptors (Lipinski definition) is 8. The van der Waals surface area contributed by atoms with Gasteiger partial charge in [0.1, 0.15) is 18.9 Å². The Hall–Kier alpha value is -3.61. The molecule has 6 N–H and O–H groups in total. The number of carbonyl (C=O) groups excluding carboxylic acids is 2. The summed E-state index contributed by atoms with van der Waals surface area (Å²) in [7, 11) is -4.68. The van der Waals surface area contributed by atoms with Gasteiger partial charge in [-0.05, 0) is 29.8 Å². The molecular weight excluding hydrogens is 497 g/mol. The highest BCUT2D eigenvalue weighted by Crippen LogP contribution is 2.37. The maximum absolute atomic E-state index is 12.8. The molecule has 1 saturated heterocycles. The second kappa shape index (κ2) is 9.45. The van der Waals surface area contributed by atoms with Crippen molar-refractivity contribution in [1.29, 1.82) is 0 Å². The average molecular weight is 519 g/mol. The van der Waals surface area contributed by atoms with E-state index >= 15 is 0 Å². The Kier molecular flexibility index (Phi) is 6.69. The summed E-state index contributed by atoms with van der Waals surface area (Å²) in [4.78, 5) is 70.1. The summed E-state index contributed by atoms with van der Waals surface area (Å²) >= 11 is 0. The normalized spacial score (nSPS) is 19.9. The first-order valence-corrected chi connectivity index (χ1v) is 12.2. The summed E-state index contributed by atoms with van der Waals surface area (Å²) in [5.41, 5.74) is 3.94. The molecule has 1 aromatic heterocycles. The van der Waals surface area contributed by atoms with Crippen LogP contribution in [0.5, 0.6) is 0 Å². The van der Waals surface area contributed by atoms with Gasteiger partial charge in [-0.25, -0.2) is 9.59 Å². The molecular formula is C22H22N3O10P. The summed E-state index contributed by atoms with van der Waals surface area (Å²) in [5, 5.41) is 10.1. The summed E-state index contributed by atoms with van der Waals surface area (Å²) in [6.07, 6.45) is -1.76. The maximum atomic E-state index is 12.8. The number of nitrogens with zero attached hydrogens (tertiary/aromatic N) is 1. The van der Waals surface area contributed by atoms with Crippen molar-refractivity contribution in [3.05, 3.63) is 74.1 Å². The van der Waals surface area contributed by atoms with Crippen LogP contribution >= 0.6 is 7.60 Å². The van der Waals surface area contributed by atoms with Crippen LogP contribution in [-0.4, -0.2) is 55.1 Å². The number of primary amides is 1. The molecule has 0 radical (unpaired) electrons. The number of carbonyl (C=O) groups is 2. The van der Waals surface area contributed by atoms with E-state index in [9.17, 15) is 38.6 Å². The fourth-order valence-corrected chi connectivity index (χ4v) is 4.89. The van der Waals surface area contributed by atoms with E-state index in [-0.39, 0.29) is 39.2 Å². The van der Waals surface area contributed by atoms with E-state index in [0.717, 1.165) is 4.57 Å². The van der Waals surface area contributed by atoms with Crippen molar-refractivity contribution < 1.29 is 38.5 Å². The minimum Gasteiger partial charge on any atom is -0.459 e. The lowest BCUT2D eigenvalue weighted by molar-refractivity contribution is -0.0532. The van der Waals surface area contributed by atoms with Crippen molar-refractivity contribution in [1.82, 2.24) is 9.55 Å². The standard InChI is InChI=1S/C22H22N3O10P/c1-10-8-25(22(30)24-20(10)28)17-7-14(26)15(35-17)9-34-21(29)13-6-5-11-12(18(13)19(23)27)3-2-4-16(11)36(31,32)33/h2-6,8,14-15,17,26H,7,9H2,1H3,(H2,23,27)(H,24,28,30)(H2,31,32,33)/t14-,15+,17+/m0/s1. The molecule has 1 aliphatic heterocycles. The zero-order valence-corrected chi connectivity index (χ0v) is 19.7. The number of ether oxygens (including phenoxy) is 2. The molecule has 0 spiro atoms. The molecule has 3 aromatic rings. The quantitative estimate of drug-likeness (QED) is 0.206. The fourth-order valence-electron chi connectivity index (χ4n) is 4.10. The molecule has 1 aliphatic rings. The number of esters is 1. The van der Waals surface area contributed by atoms with Gasteiger partial charge in [-0.15, -0.1) is 0 Å². The number of rotatable bonds is 6. The van der Waals surface area contributed by atoms with Crippen LogP contribution in [0, 0.1) is 6.92 Å². The molecule has 0 aliphatic carbocycles. The van der Waals surface area contributed by atoms with Gasteiger partial charge in [0.2, 0.25) is 5.91 Å². The molecule has 2 aromatic carbocycles. The molecule has 36 heavy (non-hydrogen) atoms. The maximum Gasteiger partial charge on any atom is 0.356 e. The molecule has 190 valence electrons. The monoisotopic (exact) mass is 519 g/mol. The smallest absolute Gasteiger partial charge is 0.356 e. The third-order valence-corrected chi connectivity index (χ3v) is 6.88. The third kappa shape index (κ3) is 4.74. The van der Waals surface area contributed by atoms with Crippen molar-refractivity contribution >= 4 is 35.5 Å². The lowest BCUT2D eigenvalue weighted by Gasteiger charge is -2.17. The highest BCUT2D eigenvalue weighted by Gasteiger charge is 2.37. The number of aliphatic hydroxyl groups is 1. The number of aromatic nitrogens is 2. The van der Waals surface area contributed by atoms with Gasteiger partial charge in [0.25, 0.3) is 5.56 Å². The number of benzene rings is 2. The topological polar surface area (TPSA) is 211 Å². The fraction of sp³-hybridized carbons (Fsp3) is 0.273. The van der Waals surface area contributed by atoms with Crippen molar-refractivity contribution in [2.45, 2.75) is 31.8 Å². The van der Waals surface area contributed by atoms with Crippen molar-refractivity contribution in [2.75, 3.05) is 6.61 Å². The summed E-state index contributed by atoms with van der Waals surface area (Å²) < 4.78 is 23.8. The highest BCUT2D eigenvalue weighted by molar-refractivity contribution is 7.60. The Balaban J connectivity index is 1.57. The van der Waals surface area contributed by atoms with Crippen LogP contribution in [0.2, 0.25) is 0 Å². The number of aryl methyl sites for hydroxylation is 1.